The van der Waals surface area contributed by atoms with Crippen LogP contribution in [0.25, 0.3) is 0 Å². The Balaban J connectivity index is 1.63. The third-order valence-corrected chi connectivity index (χ3v) is 5.75. The van der Waals surface area contributed by atoms with Crippen molar-refractivity contribution in [1.29, 1.82) is 0 Å². The van der Waals surface area contributed by atoms with Crippen LogP contribution in [0, 0.1) is 5.92 Å². The van der Waals surface area contributed by atoms with Crippen molar-refractivity contribution in [3.63, 3.8) is 0 Å². The van der Waals surface area contributed by atoms with Gasteiger partial charge < -0.3 is 10.2 Å². The van der Waals surface area contributed by atoms with Crippen molar-refractivity contribution < 1.29 is 9.69 Å². The summed E-state index contributed by atoms with van der Waals surface area (Å²) in [5, 5.41) is 3.17. The lowest BCUT2D eigenvalue weighted by Gasteiger charge is -2.40. The molecule has 1 heterocycles. The highest BCUT2D eigenvalue weighted by Crippen LogP contribution is 2.28. The summed E-state index contributed by atoms with van der Waals surface area (Å²) >= 11 is 0. The highest BCUT2D eigenvalue weighted by Gasteiger charge is 2.37. The number of quaternary nitrogens is 1. The number of hydrogen-bond donors (Lipinski definition) is 2. The van der Waals surface area contributed by atoms with Crippen molar-refractivity contribution in [2.24, 2.45) is 5.92 Å². The van der Waals surface area contributed by atoms with Crippen LogP contribution in [0.4, 0.5) is 5.69 Å². The van der Waals surface area contributed by atoms with E-state index in [1.165, 1.54) is 55.5 Å². The number of para-hydroxylation sites is 1. The molecule has 1 unspecified atom stereocenters. The number of amides is 1. The first-order valence-corrected chi connectivity index (χ1v) is 9.38. The van der Waals surface area contributed by atoms with Gasteiger partial charge >= 0.3 is 0 Å². The Morgan fingerprint density at radius 3 is 2.74 bits per heavy atom. The van der Waals surface area contributed by atoms with Gasteiger partial charge in [-0.3, -0.25) is 4.79 Å². The summed E-state index contributed by atoms with van der Waals surface area (Å²) in [5.41, 5.74) is 2.22. The Bertz CT molecular complexity index is 538. The third-order valence-electron chi connectivity index (χ3n) is 5.75. The van der Waals surface area contributed by atoms with Crippen LogP contribution in [-0.2, 0) is 4.79 Å². The molecule has 0 spiro atoms. The minimum absolute atomic E-state index is 0.180. The molecule has 126 valence electrons. The molecule has 2 aliphatic rings. The van der Waals surface area contributed by atoms with E-state index in [-0.39, 0.29) is 5.91 Å². The topological polar surface area (TPSA) is 33.5 Å². The van der Waals surface area contributed by atoms with Gasteiger partial charge in [-0.25, -0.2) is 0 Å². The van der Waals surface area contributed by atoms with Crippen LogP contribution in [0.15, 0.2) is 24.3 Å². The third kappa shape index (κ3) is 3.95. The minimum Gasteiger partial charge on any atom is -0.324 e. The van der Waals surface area contributed by atoms with Crippen molar-refractivity contribution in [2.45, 2.75) is 64.3 Å². The standard InChI is InChI=1S/C20H30N2O/c1-15(2)17-10-4-5-11-18(17)21-20(23)14-22-13-7-9-16-8-3-6-12-19(16)22/h4-5,10-11,15-16,19H,3,6-9,12-14H2,1-2H3,(H,21,23)/p+1/t16-,19+/m1/s1. The maximum atomic E-state index is 12.6. The molecular weight excluding hydrogens is 284 g/mol. The molecule has 3 nitrogen and oxygen atoms in total. The van der Waals surface area contributed by atoms with Gasteiger partial charge in [0, 0.05) is 11.6 Å². The van der Waals surface area contributed by atoms with E-state index in [0.29, 0.717) is 12.5 Å². The van der Waals surface area contributed by atoms with E-state index < -0.39 is 0 Å². The van der Waals surface area contributed by atoms with Crippen molar-refractivity contribution in [3.05, 3.63) is 29.8 Å². The van der Waals surface area contributed by atoms with Gasteiger partial charge in [-0.2, -0.15) is 0 Å². The zero-order valence-electron chi connectivity index (χ0n) is 14.6. The fourth-order valence-electron chi connectivity index (χ4n) is 4.60. The first-order chi connectivity index (χ1) is 11.1. The average Bonchev–Trinajstić information content (AvgIpc) is 2.55. The number of piperidine rings is 1. The second-order valence-corrected chi connectivity index (χ2v) is 7.67. The van der Waals surface area contributed by atoms with Crippen LogP contribution in [-0.4, -0.2) is 25.0 Å². The van der Waals surface area contributed by atoms with E-state index in [9.17, 15) is 4.79 Å². The van der Waals surface area contributed by atoms with Gasteiger partial charge in [-0.1, -0.05) is 38.5 Å². The molecule has 1 aliphatic heterocycles. The van der Waals surface area contributed by atoms with Crippen LogP contribution in [0.3, 0.4) is 0 Å². The molecule has 3 heteroatoms. The SMILES string of the molecule is CC(C)c1ccccc1NC(=O)C[NH+]1CCC[C@H]2CCCC[C@@H]21. The maximum Gasteiger partial charge on any atom is 0.279 e. The van der Waals surface area contributed by atoms with E-state index in [0.717, 1.165) is 17.6 Å². The second-order valence-electron chi connectivity index (χ2n) is 7.67. The number of carbonyl (C=O) groups excluding carboxylic acids is 1. The van der Waals surface area contributed by atoms with Crippen molar-refractivity contribution in [1.82, 2.24) is 0 Å². The fourth-order valence-corrected chi connectivity index (χ4v) is 4.60. The lowest BCUT2D eigenvalue weighted by Crippen LogP contribution is -3.18. The Morgan fingerprint density at radius 2 is 1.91 bits per heavy atom. The Hall–Kier alpha value is -1.35. The molecule has 2 fully saturated rings. The molecule has 3 atom stereocenters. The van der Waals surface area contributed by atoms with Crippen molar-refractivity contribution >= 4 is 11.6 Å². The van der Waals surface area contributed by atoms with Gasteiger partial charge in [-0.05, 0) is 49.7 Å². The number of rotatable bonds is 4. The van der Waals surface area contributed by atoms with Crippen LogP contribution in [0.1, 0.15) is 63.9 Å². The summed E-state index contributed by atoms with van der Waals surface area (Å²) in [7, 11) is 0. The maximum absolute atomic E-state index is 12.6. The first-order valence-electron chi connectivity index (χ1n) is 9.38. The predicted octanol–water partition coefficient (Wildman–Crippen LogP) is 2.99. The fraction of sp³-hybridized carbons (Fsp3) is 0.650. The summed E-state index contributed by atoms with van der Waals surface area (Å²) in [6, 6.07) is 8.93. The van der Waals surface area contributed by atoms with Gasteiger partial charge in [0.05, 0.1) is 12.6 Å². The molecule has 1 aliphatic carbocycles. The number of anilines is 1. The highest BCUT2D eigenvalue weighted by atomic mass is 16.2. The molecule has 1 aromatic rings. The lowest BCUT2D eigenvalue weighted by molar-refractivity contribution is -0.928. The zero-order chi connectivity index (χ0) is 16.2. The molecule has 0 radical (unpaired) electrons. The van der Waals surface area contributed by atoms with E-state index >= 15 is 0 Å². The summed E-state index contributed by atoms with van der Waals surface area (Å²) in [4.78, 5) is 14.1. The van der Waals surface area contributed by atoms with E-state index in [1.807, 2.05) is 18.2 Å². The number of hydrogen-bond acceptors (Lipinski definition) is 1. The van der Waals surface area contributed by atoms with E-state index in [2.05, 4.69) is 25.2 Å². The molecular formula is C20H31N2O+. The molecule has 0 bridgehead atoms. The summed E-state index contributed by atoms with van der Waals surface area (Å²) < 4.78 is 0. The Labute approximate surface area is 140 Å². The molecule has 1 saturated carbocycles. The van der Waals surface area contributed by atoms with Crippen LogP contribution in [0.5, 0.6) is 0 Å². The van der Waals surface area contributed by atoms with Gasteiger partial charge in [0.25, 0.3) is 5.91 Å². The van der Waals surface area contributed by atoms with Gasteiger partial charge in [0.1, 0.15) is 0 Å². The van der Waals surface area contributed by atoms with Gasteiger partial charge in [-0.15, -0.1) is 0 Å². The Kier molecular flexibility index (Phi) is 5.37. The van der Waals surface area contributed by atoms with Crippen LogP contribution < -0.4 is 10.2 Å². The van der Waals surface area contributed by atoms with E-state index in [4.69, 9.17) is 0 Å². The quantitative estimate of drug-likeness (QED) is 0.880. The van der Waals surface area contributed by atoms with Gasteiger partial charge in [0.2, 0.25) is 0 Å². The molecule has 2 N–H and O–H groups in total. The molecule has 1 aromatic carbocycles. The average molecular weight is 315 g/mol. The monoisotopic (exact) mass is 315 g/mol. The lowest BCUT2D eigenvalue weighted by atomic mass is 9.78. The summed E-state index contributed by atoms with van der Waals surface area (Å²) in [6.45, 7) is 6.15. The first kappa shape index (κ1) is 16.5. The molecule has 3 rings (SSSR count). The number of fused-ring (bicyclic) bond motifs is 1. The highest BCUT2D eigenvalue weighted by molar-refractivity contribution is 5.92. The van der Waals surface area contributed by atoms with Gasteiger partial charge in [0.15, 0.2) is 6.54 Å². The molecule has 1 amide bonds. The number of carbonyl (C=O) groups is 1. The molecule has 0 aromatic heterocycles. The Morgan fingerprint density at radius 1 is 1.17 bits per heavy atom. The number of benzene rings is 1. The normalized spacial score (nSPS) is 27.5. The largest absolute Gasteiger partial charge is 0.324 e. The van der Waals surface area contributed by atoms with E-state index in [1.54, 1.807) is 0 Å². The number of likely N-dealkylation sites (tertiary alicyclic amines) is 1. The molecule has 1 saturated heterocycles. The smallest absolute Gasteiger partial charge is 0.279 e. The van der Waals surface area contributed by atoms with Crippen LogP contribution >= 0.6 is 0 Å². The predicted molar refractivity (Wildman–Crippen MR) is 94.8 cm³/mol. The summed E-state index contributed by atoms with van der Waals surface area (Å²) in [5.74, 6) is 1.47. The van der Waals surface area contributed by atoms with Crippen LogP contribution in [0.2, 0.25) is 0 Å². The molecule has 23 heavy (non-hydrogen) atoms. The zero-order valence-corrected chi connectivity index (χ0v) is 14.6. The number of nitrogens with one attached hydrogen (secondary N) is 2. The minimum atomic E-state index is 0.180. The second kappa shape index (κ2) is 7.48. The van der Waals surface area contributed by atoms with Crippen molar-refractivity contribution in [3.8, 4) is 0 Å². The summed E-state index contributed by atoms with van der Waals surface area (Å²) in [6.07, 6.45) is 8.10. The van der Waals surface area contributed by atoms with Crippen molar-refractivity contribution in [2.75, 3.05) is 18.4 Å².